The van der Waals surface area contributed by atoms with Gasteiger partial charge < -0.3 is 4.74 Å². The molecule has 0 saturated carbocycles. The lowest BCUT2D eigenvalue weighted by molar-refractivity contribution is 0.339. The second-order valence-electron chi connectivity index (χ2n) is 2.16. The number of hydrogen-bond donors (Lipinski definition) is 0. The molecule has 0 aromatic heterocycles. The van der Waals surface area contributed by atoms with E-state index >= 15 is 0 Å². The van der Waals surface area contributed by atoms with Crippen molar-refractivity contribution in [1.82, 2.24) is 0 Å². The molecule has 2 nitrogen and oxygen atoms in total. The maximum Gasteiger partial charge on any atom is 0.134 e. The van der Waals surface area contributed by atoms with E-state index in [1.54, 1.807) is 18.1 Å². The predicted octanol–water partition coefficient (Wildman–Crippen LogP) is 1.62. The minimum Gasteiger partial charge on any atom is -0.493 e. The normalized spacial score (nSPS) is 8.75. The van der Waals surface area contributed by atoms with Crippen LogP contribution in [-0.2, 0) is 4.79 Å². The van der Waals surface area contributed by atoms with E-state index in [2.05, 4.69) is 6.08 Å². The maximum atomic E-state index is 10.0. The van der Waals surface area contributed by atoms with Gasteiger partial charge in [-0.1, -0.05) is 12.1 Å². The maximum absolute atomic E-state index is 10.0. The Morgan fingerprint density at radius 2 is 2.17 bits per heavy atom. The number of hydrogen-bond acceptors (Lipinski definition) is 2. The van der Waals surface area contributed by atoms with Crippen molar-refractivity contribution >= 4 is 5.94 Å². The number of para-hydroxylation sites is 1. The predicted molar refractivity (Wildman–Crippen MR) is 45.6 cm³/mol. The molecule has 0 N–H and O–H groups in total. The Balaban J connectivity index is 2.99. The second kappa shape index (κ2) is 4.37. The van der Waals surface area contributed by atoms with Crippen LogP contribution >= 0.6 is 0 Å². The molecule has 0 aliphatic heterocycles. The number of benzene rings is 1. The largest absolute Gasteiger partial charge is 0.493 e. The van der Waals surface area contributed by atoms with Crippen molar-refractivity contribution in [2.75, 3.05) is 6.61 Å². The van der Waals surface area contributed by atoms with E-state index in [9.17, 15) is 4.79 Å². The van der Waals surface area contributed by atoms with Crippen LogP contribution in [0.4, 0.5) is 0 Å². The fraction of sp³-hybridized carbons (Fsp3) is 0.200. The zero-order valence-corrected chi connectivity index (χ0v) is 6.83. The lowest BCUT2D eigenvalue weighted by Gasteiger charge is -2.04. The zero-order valence-electron chi connectivity index (χ0n) is 6.83. The van der Waals surface area contributed by atoms with Crippen molar-refractivity contribution in [3.63, 3.8) is 0 Å². The molecule has 0 heterocycles. The molecule has 12 heavy (non-hydrogen) atoms. The van der Waals surface area contributed by atoms with Crippen LogP contribution in [0.3, 0.4) is 0 Å². The molecular weight excluding hydrogens is 152 g/mol. The Labute approximate surface area is 71.5 Å². The monoisotopic (exact) mass is 161 g/mol. The summed E-state index contributed by atoms with van der Waals surface area (Å²) < 4.78 is 5.25. The molecule has 1 aromatic carbocycles. The second-order valence-corrected chi connectivity index (χ2v) is 2.16. The number of ether oxygens (including phenoxy) is 1. The van der Waals surface area contributed by atoms with Crippen molar-refractivity contribution in [1.29, 1.82) is 0 Å². The lowest BCUT2D eigenvalue weighted by atomic mass is 10.2. The Bertz CT molecular complexity index is 298. The molecule has 0 unspecified atom stereocenters. The topological polar surface area (TPSA) is 26.3 Å². The molecule has 1 rings (SSSR count). The first-order chi connectivity index (χ1) is 5.88. The lowest BCUT2D eigenvalue weighted by Crippen LogP contribution is -1.93. The molecular formula is C10H9O2. The van der Waals surface area contributed by atoms with Crippen LogP contribution in [0, 0.1) is 6.08 Å². The van der Waals surface area contributed by atoms with Crippen molar-refractivity contribution in [3.05, 3.63) is 35.9 Å². The van der Waals surface area contributed by atoms with E-state index < -0.39 is 0 Å². The molecule has 1 radical (unpaired) electrons. The summed E-state index contributed by atoms with van der Waals surface area (Å²) in [6.45, 7) is 2.47. The highest BCUT2D eigenvalue weighted by atomic mass is 16.5. The Morgan fingerprint density at radius 3 is 2.83 bits per heavy atom. The van der Waals surface area contributed by atoms with Crippen molar-refractivity contribution in [2.45, 2.75) is 6.92 Å². The van der Waals surface area contributed by atoms with E-state index in [0.29, 0.717) is 17.9 Å². The first-order valence-corrected chi connectivity index (χ1v) is 3.73. The van der Waals surface area contributed by atoms with Gasteiger partial charge in [-0.2, -0.15) is 0 Å². The summed E-state index contributed by atoms with van der Waals surface area (Å²) in [4.78, 5) is 10.0. The van der Waals surface area contributed by atoms with E-state index in [0.717, 1.165) is 0 Å². The third kappa shape index (κ3) is 1.97. The van der Waals surface area contributed by atoms with Gasteiger partial charge in [-0.05, 0) is 19.1 Å². The highest BCUT2D eigenvalue weighted by Gasteiger charge is 1.97. The van der Waals surface area contributed by atoms with Gasteiger partial charge in [-0.15, -0.1) is 0 Å². The third-order valence-electron chi connectivity index (χ3n) is 1.37. The molecule has 0 atom stereocenters. The van der Waals surface area contributed by atoms with Crippen molar-refractivity contribution in [2.24, 2.45) is 0 Å². The SMILES string of the molecule is CCOc1ccccc1[C]=C=O. The smallest absolute Gasteiger partial charge is 0.134 e. The average Bonchev–Trinajstić information content (AvgIpc) is 2.09. The van der Waals surface area contributed by atoms with Crippen LogP contribution in [0.5, 0.6) is 5.75 Å². The van der Waals surface area contributed by atoms with Gasteiger partial charge in [0.1, 0.15) is 11.7 Å². The van der Waals surface area contributed by atoms with Gasteiger partial charge in [0, 0.05) is 5.56 Å². The summed E-state index contributed by atoms with van der Waals surface area (Å²) in [5, 5.41) is 0. The molecule has 0 spiro atoms. The standard InChI is InChI=1S/C10H9O2/c1-2-12-10-6-4-3-5-9(10)7-8-11/h3-6H,2H2,1H3. The summed E-state index contributed by atoms with van der Waals surface area (Å²) in [6, 6.07) is 7.22. The van der Waals surface area contributed by atoms with Crippen LogP contribution in [0.15, 0.2) is 24.3 Å². The first kappa shape index (κ1) is 8.57. The van der Waals surface area contributed by atoms with Gasteiger partial charge in [0.25, 0.3) is 0 Å². The summed E-state index contributed by atoms with van der Waals surface area (Å²) in [5.74, 6) is 2.27. The van der Waals surface area contributed by atoms with E-state index in [-0.39, 0.29) is 0 Å². The van der Waals surface area contributed by atoms with Crippen LogP contribution < -0.4 is 4.74 Å². The molecule has 0 amide bonds. The zero-order chi connectivity index (χ0) is 8.81. The molecule has 0 aliphatic rings. The molecule has 0 fully saturated rings. The van der Waals surface area contributed by atoms with Crippen LogP contribution in [0.2, 0.25) is 0 Å². The van der Waals surface area contributed by atoms with Gasteiger partial charge in [-0.3, -0.25) is 0 Å². The minimum atomic E-state index is 0.581. The molecule has 0 saturated heterocycles. The Kier molecular flexibility index (Phi) is 3.12. The highest BCUT2D eigenvalue weighted by Crippen LogP contribution is 2.16. The van der Waals surface area contributed by atoms with E-state index in [4.69, 9.17) is 4.74 Å². The van der Waals surface area contributed by atoms with E-state index in [1.807, 2.05) is 19.1 Å². The fourth-order valence-electron chi connectivity index (χ4n) is 0.906. The Hall–Kier alpha value is -1.53. The van der Waals surface area contributed by atoms with Gasteiger partial charge >= 0.3 is 0 Å². The first-order valence-electron chi connectivity index (χ1n) is 3.73. The molecule has 0 bridgehead atoms. The highest BCUT2D eigenvalue weighted by molar-refractivity contribution is 5.52. The molecule has 2 heteroatoms. The summed E-state index contributed by atoms with van der Waals surface area (Å²) >= 11 is 0. The quantitative estimate of drug-likeness (QED) is 0.630. The molecule has 61 valence electrons. The number of carbonyl (C=O) groups excluding carboxylic acids is 1. The fourth-order valence-corrected chi connectivity index (χ4v) is 0.906. The number of rotatable bonds is 3. The summed E-state index contributed by atoms with van der Waals surface area (Å²) in [6.07, 6.45) is 2.43. The minimum absolute atomic E-state index is 0.581. The average molecular weight is 161 g/mol. The van der Waals surface area contributed by atoms with Gasteiger partial charge in [-0.25, -0.2) is 4.79 Å². The van der Waals surface area contributed by atoms with Gasteiger partial charge in [0.2, 0.25) is 0 Å². The summed E-state index contributed by atoms with van der Waals surface area (Å²) in [7, 11) is 0. The summed E-state index contributed by atoms with van der Waals surface area (Å²) in [5.41, 5.74) is 0.648. The van der Waals surface area contributed by atoms with E-state index in [1.165, 1.54) is 0 Å². The molecule has 0 aliphatic carbocycles. The van der Waals surface area contributed by atoms with Crippen molar-refractivity contribution in [3.8, 4) is 5.75 Å². The van der Waals surface area contributed by atoms with Crippen LogP contribution in [0.1, 0.15) is 12.5 Å². The Morgan fingerprint density at radius 1 is 1.42 bits per heavy atom. The van der Waals surface area contributed by atoms with Crippen LogP contribution in [0.25, 0.3) is 0 Å². The van der Waals surface area contributed by atoms with Crippen LogP contribution in [-0.4, -0.2) is 12.5 Å². The molecule has 1 aromatic rings. The third-order valence-corrected chi connectivity index (χ3v) is 1.37. The van der Waals surface area contributed by atoms with Crippen molar-refractivity contribution < 1.29 is 9.53 Å². The van der Waals surface area contributed by atoms with Gasteiger partial charge in [0.15, 0.2) is 0 Å². The van der Waals surface area contributed by atoms with Gasteiger partial charge in [0.05, 0.1) is 12.7 Å².